The van der Waals surface area contributed by atoms with Gasteiger partial charge in [0.15, 0.2) is 5.69 Å². The minimum atomic E-state index is -4.34. The predicted octanol–water partition coefficient (Wildman–Crippen LogP) is 3.51. The van der Waals surface area contributed by atoms with Crippen molar-refractivity contribution < 1.29 is 13.2 Å². The van der Waals surface area contributed by atoms with Crippen molar-refractivity contribution in [1.82, 2.24) is 9.97 Å². The van der Waals surface area contributed by atoms with Crippen molar-refractivity contribution in [3.63, 3.8) is 0 Å². The molecule has 1 aliphatic rings. The van der Waals surface area contributed by atoms with Gasteiger partial charge in [0, 0.05) is 12.0 Å². The second kappa shape index (κ2) is 5.54. The average Bonchev–Trinajstić information content (AvgIpc) is 3.34. The monoisotopic (exact) mass is 318 g/mol. The molecule has 7 heteroatoms. The van der Waals surface area contributed by atoms with Crippen LogP contribution < -0.4 is 5.32 Å². The summed E-state index contributed by atoms with van der Waals surface area (Å²) >= 11 is 0. The maximum absolute atomic E-state index is 12.8. The molecule has 1 aromatic heterocycles. The highest BCUT2D eigenvalue weighted by molar-refractivity contribution is 5.41. The molecule has 1 aliphatic carbocycles. The van der Waals surface area contributed by atoms with Crippen LogP contribution in [0.5, 0.6) is 0 Å². The van der Waals surface area contributed by atoms with Gasteiger partial charge >= 0.3 is 6.18 Å². The smallest absolute Gasteiger partial charge is 0.368 e. The molecule has 0 aliphatic heterocycles. The number of anilines is 1. The first kappa shape index (κ1) is 15.3. The van der Waals surface area contributed by atoms with Crippen molar-refractivity contribution in [1.29, 1.82) is 5.26 Å². The number of halogens is 3. The molecule has 0 unspecified atom stereocenters. The van der Waals surface area contributed by atoms with Crippen LogP contribution in [0, 0.1) is 11.3 Å². The molecule has 0 atom stereocenters. The maximum Gasteiger partial charge on any atom is 0.416 e. The zero-order chi connectivity index (χ0) is 16.5. The minimum absolute atomic E-state index is 0.193. The molecule has 23 heavy (non-hydrogen) atoms. The summed E-state index contributed by atoms with van der Waals surface area (Å²) in [6.45, 7) is 0.456. The van der Waals surface area contributed by atoms with Crippen molar-refractivity contribution >= 4 is 5.82 Å². The fraction of sp³-hybridized carbons (Fsp3) is 0.312. The molecule has 1 aromatic carbocycles. The molecule has 0 bridgehead atoms. The van der Waals surface area contributed by atoms with E-state index in [-0.39, 0.29) is 11.1 Å². The van der Waals surface area contributed by atoms with E-state index < -0.39 is 11.7 Å². The number of benzene rings is 1. The Morgan fingerprint density at radius 1 is 1.26 bits per heavy atom. The van der Waals surface area contributed by atoms with Gasteiger partial charge in [0.05, 0.1) is 18.0 Å². The molecule has 0 spiro atoms. The summed E-state index contributed by atoms with van der Waals surface area (Å²) in [6, 6.07) is 7.35. The lowest BCUT2D eigenvalue weighted by Gasteiger charge is -2.18. The van der Waals surface area contributed by atoms with E-state index >= 15 is 0 Å². The molecular formula is C16H13F3N4. The Balaban J connectivity index is 1.77. The van der Waals surface area contributed by atoms with Crippen LogP contribution in [-0.2, 0) is 11.6 Å². The number of nitrogens with one attached hydrogen (secondary N) is 1. The molecule has 1 saturated carbocycles. The van der Waals surface area contributed by atoms with E-state index in [0.29, 0.717) is 17.9 Å². The molecule has 4 nitrogen and oxygen atoms in total. The van der Waals surface area contributed by atoms with E-state index in [0.717, 1.165) is 18.9 Å². The van der Waals surface area contributed by atoms with Gasteiger partial charge in [-0.05, 0) is 24.5 Å². The highest BCUT2D eigenvalue weighted by atomic mass is 19.4. The summed E-state index contributed by atoms with van der Waals surface area (Å²) in [6.07, 6.45) is 0.124. The predicted molar refractivity (Wildman–Crippen MR) is 77.6 cm³/mol. The van der Waals surface area contributed by atoms with Gasteiger partial charge in [-0.3, -0.25) is 4.98 Å². The van der Waals surface area contributed by atoms with Crippen LogP contribution in [0.4, 0.5) is 19.0 Å². The average molecular weight is 318 g/mol. The fourth-order valence-electron chi connectivity index (χ4n) is 2.51. The van der Waals surface area contributed by atoms with E-state index in [1.807, 2.05) is 6.07 Å². The molecule has 3 rings (SSSR count). The van der Waals surface area contributed by atoms with E-state index in [9.17, 15) is 13.2 Å². The van der Waals surface area contributed by atoms with Crippen molar-refractivity contribution in [3.05, 3.63) is 53.5 Å². The molecule has 1 N–H and O–H groups in total. The summed E-state index contributed by atoms with van der Waals surface area (Å²) in [5.41, 5.74) is -0.0818. The highest BCUT2D eigenvalue weighted by Gasteiger charge is 2.45. The summed E-state index contributed by atoms with van der Waals surface area (Å²) in [4.78, 5) is 7.96. The van der Waals surface area contributed by atoms with E-state index in [1.165, 1.54) is 24.5 Å². The number of rotatable bonds is 4. The van der Waals surface area contributed by atoms with E-state index in [1.54, 1.807) is 6.07 Å². The topological polar surface area (TPSA) is 61.6 Å². The lowest BCUT2D eigenvalue weighted by molar-refractivity contribution is -0.137. The van der Waals surface area contributed by atoms with Crippen LogP contribution in [0.2, 0.25) is 0 Å². The molecule has 118 valence electrons. The molecule has 1 heterocycles. The van der Waals surface area contributed by atoms with Gasteiger partial charge in [-0.2, -0.15) is 18.4 Å². The van der Waals surface area contributed by atoms with Crippen molar-refractivity contribution in [3.8, 4) is 6.07 Å². The second-order valence-corrected chi connectivity index (χ2v) is 5.61. The summed E-state index contributed by atoms with van der Waals surface area (Å²) in [7, 11) is 0. The van der Waals surface area contributed by atoms with Gasteiger partial charge in [-0.15, -0.1) is 0 Å². The van der Waals surface area contributed by atoms with Gasteiger partial charge in [0.1, 0.15) is 11.9 Å². The lowest BCUT2D eigenvalue weighted by atomic mass is 9.94. The largest absolute Gasteiger partial charge is 0.416 e. The third kappa shape index (κ3) is 3.26. The second-order valence-electron chi connectivity index (χ2n) is 5.61. The van der Waals surface area contributed by atoms with E-state index in [2.05, 4.69) is 15.3 Å². The van der Waals surface area contributed by atoms with Crippen LogP contribution in [0.1, 0.15) is 29.7 Å². The Bertz CT molecular complexity index is 760. The minimum Gasteiger partial charge on any atom is -0.368 e. The Labute approximate surface area is 131 Å². The molecule has 1 fully saturated rings. The Morgan fingerprint density at radius 2 is 2.04 bits per heavy atom. The van der Waals surface area contributed by atoms with Crippen LogP contribution in [0.3, 0.4) is 0 Å². The first-order chi connectivity index (χ1) is 10.9. The van der Waals surface area contributed by atoms with Gasteiger partial charge in [-0.25, -0.2) is 4.98 Å². The summed E-state index contributed by atoms with van der Waals surface area (Å²) < 4.78 is 38.5. The summed E-state index contributed by atoms with van der Waals surface area (Å²) in [5, 5.41) is 11.9. The molecule has 0 saturated heterocycles. The maximum atomic E-state index is 12.8. The van der Waals surface area contributed by atoms with Crippen molar-refractivity contribution in [2.45, 2.75) is 24.4 Å². The summed E-state index contributed by atoms with van der Waals surface area (Å²) in [5.74, 6) is 0.447. The quantitative estimate of drug-likeness (QED) is 0.937. The van der Waals surface area contributed by atoms with Crippen LogP contribution in [0.15, 0.2) is 36.7 Å². The molecular weight excluding hydrogens is 305 g/mol. The molecule has 2 aromatic rings. The van der Waals surface area contributed by atoms with Gasteiger partial charge < -0.3 is 5.32 Å². The first-order valence-electron chi connectivity index (χ1n) is 7.07. The van der Waals surface area contributed by atoms with Gasteiger partial charge in [-0.1, -0.05) is 18.2 Å². The molecule has 0 amide bonds. The van der Waals surface area contributed by atoms with Gasteiger partial charge in [0.2, 0.25) is 0 Å². The third-order valence-corrected chi connectivity index (χ3v) is 4.01. The first-order valence-corrected chi connectivity index (χ1v) is 7.07. The normalized spacial score (nSPS) is 15.7. The highest BCUT2D eigenvalue weighted by Crippen LogP contribution is 2.49. The number of alkyl halides is 3. The van der Waals surface area contributed by atoms with Crippen LogP contribution >= 0.6 is 0 Å². The SMILES string of the molecule is N#Cc1cncc(NCC2(c3cccc(C(F)(F)F)c3)CC2)n1. The fourth-order valence-corrected chi connectivity index (χ4v) is 2.51. The Kier molecular flexibility index (Phi) is 3.68. The zero-order valence-corrected chi connectivity index (χ0v) is 12.1. The van der Waals surface area contributed by atoms with Crippen LogP contribution in [0.25, 0.3) is 0 Å². The molecule has 0 radical (unpaired) electrons. The lowest BCUT2D eigenvalue weighted by Crippen LogP contribution is -2.21. The van der Waals surface area contributed by atoms with Crippen LogP contribution in [-0.4, -0.2) is 16.5 Å². The Hall–Kier alpha value is -2.62. The number of hydrogen-bond acceptors (Lipinski definition) is 4. The van der Waals surface area contributed by atoms with E-state index in [4.69, 9.17) is 5.26 Å². The van der Waals surface area contributed by atoms with Crippen molar-refractivity contribution in [2.75, 3.05) is 11.9 Å². The number of nitrogens with zero attached hydrogens (tertiary/aromatic N) is 3. The van der Waals surface area contributed by atoms with Gasteiger partial charge in [0.25, 0.3) is 0 Å². The number of aromatic nitrogens is 2. The Morgan fingerprint density at radius 3 is 2.70 bits per heavy atom. The number of hydrogen-bond donors (Lipinski definition) is 1. The standard InChI is InChI=1S/C16H13F3N4/c17-16(18,19)12-3-1-2-11(6-12)15(4-5-15)10-22-14-9-21-8-13(7-20)23-14/h1-3,6,8-9H,4-5,10H2,(H,22,23). The number of nitriles is 1. The van der Waals surface area contributed by atoms with Crippen molar-refractivity contribution in [2.24, 2.45) is 0 Å². The third-order valence-electron chi connectivity index (χ3n) is 4.01. The zero-order valence-electron chi connectivity index (χ0n) is 12.1.